The summed E-state index contributed by atoms with van der Waals surface area (Å²) >= 11 is 0. The molecular weight excluding hydrogens is 307 g/mol. The van der Waals surface area contributed by atoms with Crippen molar-refractivity contribution in [1.29, 1.82) is 0 Å². The zero-order valence-electron chi connectivity index (χ0n) is 13.8. The lowest BCUT2D eigenvalue weighted by Gasteiger charge is -2.26. The number of aromatic nitrogens is 1. The van der Waals surface area contributed by atoms with Crippen LogP contribution in [0.2, 0.25) is 0 Å². The van der Waals surface area contributed by atoms with E-state index in [1.54, 1.807) is 45.0 Å². The number of amides is 1. The molecule has 0 aliphatic carbocycles. The van der Waals surface area contributed by atoms with Gasteiger partial charge in [-0.15, -0.1) is 0 Å². The van der Waals surface area contributed by atoms with Crippen LogP contribution in [-0.2, 0) is 0 Å². The van der Waals surface area contributed by atoms with Gasteiger partial charge in [-0.3, -0.25) is 4.79 Å². The van der Waals surface area contributed by atoms with Crippen LogP contribution in [0, 0.1) is 17.7 Å². The van der Waals surface area contributed by atoms with Crippen LogP contribution in [0.5, 0.6) is 0 Å². The van der Waals surface area contributed by atoms with E-state index < -0.39 is 11.6 Å². The first-order valence-corrected chi connectivity index (χ1v) is 7.53. The van der Waals surface area contributed by atoms with Crippen LogP contribution in [0.15, 0.2) is 42.6 Å². The first kappa shape index (κ1) is 17.6. The summed E-state index contributed by atoms with van der Waals surface area (Å²) in [5.41, 5.74) is 0.0760. The van der Waals surface area contributed by atoms with Crippen LogP contribution in [0.4, 0.5) is 4.39 Å². The highest BCUT2D eigenvalue weighted by atomic mass is 19.1. The van der Waals surface area contributed by atoms with Crippen molar-refractivity contribution in [2.75, 3.05) is 0 Å². The molecule has 2 rings (SSSR count). The summed E-state index contributed by atoms with van der Waals surface area (Å²) in [7, 11) is 0. The van der Waals surface area contributed by atoms with Crippen LogP contribution in [0.25, 0.3) is 0 Å². The number of nitrogens with zero attached hydrogens (tertiary/aromatic N) is 1. The number of aliphatic hydroxyl groups is 1. The molecule has 1 amide bonds. The predicted molar refractivity (Wildman–Crippen MR) is 89.8 cm³/mol. The third-order valence-electron chi connectivity index (χ3n) is 3.62. The van der Waals surface area contributed by atoms with Crippen molar-refractivity contribution >= 4 is 5.91 Å². The molecule has 0 spiro atoms. The topological polar surface area (TPSA) is 62.2 Å². The maximum atomic E-state index is 13.5. The van der Waals surface area contributed by atoms with E-state index in [-0.39, 0.29) is 17.4 Å². The van der Waals surface area contributed by atoms with Crippen LogP contribution >= 0.6 is 0 Å². The number of nitrogens with one attached hydrogen (secondary N) is 1. The lowest BCUT2D eigenvalue weighted by Crippen LogP contribution is -2.47. The quantitative estimate of drug-likeness (QED) is 0.852. The second-order valence-corrected chi connectivity index (χ2v) is 6.01. The van der Waals surface area contributed by atoms with Crippen molar-refractivity contribution in [2.45, 2.75) is 32.4 Å². The smallest absolute Gasteiger partial charge is 0.270 e. The molecule has 4 nitrogen and oxygen atoms in total. The number of carbonyl (C=O) groups is 1. The monoisotopic (exact) mass is 326 g/mol. The van der Waals surface area contributed by atoms with Gasteiger partial charge in [-0.05, 0) is 45.0 Å². The van der Waals surface area contributed by atoms with E-state index in [4.69, 9.17) is 0 Å². The maximum absolute atomic E-state index is 13.5. The second kappa shape index (κ2) is 7.24. The molecule has 124 valence electrons. The van der Waals surface area contributed by atoms with Gasteiger partial charge in [0.05, 0.1) is 17.2 Å². The second-order valence-electron chi connectivity index (χ2n) is 6.01. The normalized spacial score (nSPS) is 12.0. The highest BCUT2D eigenvalue weighted by Gasteiger charge is 2.24. The van der Waals surface area contributed by atoms with Gasteiger partial charge in [0, 0.05) is 11.8 Å². The highest BCUT2D eigenvalue weighted by Crippen LogP contribution is 2.09. The van der Waals surface area contributed by atoms with E-state index >= 15 is 0 Å². The number of carbonyl (C=O) groups excluding carboxylic acids is 1. The Hall–Kier alpha value is -2.71. The molecule has 0 aliphatic rings. The van der Waals surface area contributed by atoms with E-state index in [9.17, 15) is 14.3 Å². The predicted octanol–water partition coefficient (Wildman–Crippen LogP) is 2.51. The molecule has 0 saturated heterocycles. The van der Waals surface area contributed by atoms with Crippen LogP contribution in [-0.4, -0.2) is 27.6 Å². The average molecular weight is 326 g/mol. The van der Waals surface area contributed by atoms with Gasteiger partial charge in [-0.2, -0.15) is 0 Å². The van der Waals surface area contributed by atoms with E-state index in [2.05, 4.69) is 22.1 Å². The summed E-state index contributed by atoms with van der Waals surface area (Å²) in [5.74, 6) is 4.78. The van der Waals surface area contributed by atoms with Crippen LogP contribution in [0.3, 0.4) is 0 Å². The van der Waals surface area contributed by atoms with Crippen molar-refractivity contribution in [2.24, 2.45) is 0 Å². The minimum atomic E-state index is -1.03. The molecule has 1 aromatic heterocycles. The molecule has 2 aromatic rings. The SMILES string of the molecule is C[C@@H](NC(=O)c1ccc(C#Cc2ccccc2F)cn1)C(C)(C)O. The molecule has 0 radical (unpaired) electrons. The number of rotatable bonds is 3. The molecule has 0 saturated carbocycles. The first-order chi connectivity index (χ1) is 11.3. The molecule has 1 heterocycles. The van der Waals surface area contributed by atoms with E-state index in [0.29, 0.717) is 11.1 Å². The molecule has 0 unspecified atom stereocenters. The van der Waals surface area contributed by atoms with Crippen molar-refractivity contribution in [3.63, 3.8) is 0 Å². The minimum absolute atomic E-state index is 0.225. The van der Waals surface area contributed by atoms with E-state index in [0.717, 1.165) is 0 Å². The summed E-state index contributed by atoms with van der Waals surface area (Å²) in [4.78, 5) is 16.1. The number of hydrogen-bond acceptors (Lipinski definition) is 3. The molecule has 5 heteroatoms. The number of benzene rings is 1. The van der Waals surface area contributed by atoms with Crippen LogP contribution < -0.4 is 5.32 Å². The van der Waals surface area contributed by atoms with Crippen molar-refractivity contribution in [3.8, 4) is 11.8 Å². The Kier molecular flexibility index (Phi) is 5.32. The lowest BCUT2D eigenvalue weighted by atomic mass is 10.0. The van der Waals surface area contributed by atoms with Gasteiger partial charge in [0.25, 0.3) is 5.91 Å². The van der Waals surface area contributed by atoms with Gasteiger partial charge in [0.2, 0.25) is 0 Å². The summed E-state index contributed by atoms with van der Waals surface area (Å²) in [6.45, 7) is 4.95. The highest BCUT2D eigenvalue weighted by molar-refractivity contribution is 5.92. The average Bonchev–Trinajstić information content (AvgIpc) is 2.53. The van der Waals surface area contributed by atoms with Crippen molar-refractivity contribution in [1.82, 2.24) is 10.3 Å². The largest absolute Gasteiger partial charge is 0.388 e. The Morgan fingerprint density at radius 2 is 1.96 bits per heavy atom. The zero-order valence-corrected chi connectivity index (χ0v) is 13.8. The molecule has 0 bridgehead atoms. The fourth-order valence-electron chi connectivity index (χ4n) is 1.75. The zero-order chi connectivity index (χ0) is 17.7. The maximum Gasteiger partial charge on any atom is 0.270 e. The Morgan fingerprint density at radius 1 is 1.25 bits per heavy atom. The van der Waals surface area contributed by atoms with Gasteiger partial charge in [0.1, 0.15) is 11.5 Å². The van der Waals surface area contributed by atoms with Gasteiger partial charge < -0.3 is 10.4 Å². The van der Waals surface area contributed by atoms with Gasteiger partial charge in [-0.25, -0.2) is 9.37 Å². The Bertz CT molecular complexity index is 783. The molecule has 0 fully saturated rings. The Labute approximate surface area is 140 Å². The summed E-state index contributed by atoms with van der Waals surface area (Å²) < 4.78 is 13.5. The number of hydrogen-bond donors (Lipinski definition) is 2. The minimum Gasteiger partial charge on any atom is -0.388 e. The Morgan fingerprint density at radius 3 is 2.54 bits per heavy atom. The van der Waals surface area contributed by atoms with E-state index in [1.807, 2.05) is 0 Å². The molecule has 1 atom stereocenters. The standard InChI is InChI=1S/C19H19FN2O2/c1-13(19(2,3)24)22-18(23)17-11-9-14(12-21-17)8-10-15-6-4-5-7-16(15)20/h4-7,9,11-13,24H,1-3H3,(H,22,23)/t13-/m1/s1. The molecule has 1 aromatic carbocycles. The van der Waals surface area contributed by atoms with Crippen molar-refractivity contribution < 1.29 is 14.3 Å². The molecule has 0 aliphatic heterocycles. The van der Waals surface area contributed by atoms with Crippen LogP contribution in [0.1, 0.15) is 42.4 Å². The Balaban J connectivity index is 2.09. The van der Waals surface area contributed by atoms with Gasteiger partial charge in [-0.1, -0.05) is 24.0 Å². The van der Waals surface area contributed by atoms with Crippen molar-refractivity contribution in [3.05, 3.63) is 65.2 Å². The fourth-order valence-corrected chi connectivity index (χ4v) is 1.75. The fraction of sp³-hybridized carbons (Fsp3) is 0.263. The van der Waals surface area contributed by atoms with Gasteiger partial charge >= 0.3 is 0 Å². The number of pyridine rings is 1. The molecule has 24 heavy (non-hydrogen) atoms. The molecule has 2 N–H and O–H groups in total. The van der Waals surface area contributed by atoms with E-state index in [1.165, 1.54) is 18.3 Å². The summed E-state index contributed by atoms with van der Waals surface area (Å²) in [6, 6.07) is 9.01. The molecular formula is C19H19FN2O2. The lowest BCUT2D eigenvalue weighted by molar-refractivity contribution is 0.0407. The third-order valence-corrected chi connectivity index (χ3v) is 3.62. The summed E-state index contributed by atoms with van der Waals surface area (Å²) in [5, 5.41) is 12.5. The third kappa shape index (κ3) is 4.64. The first-order valence-electron chi connectivity index (χ1n) is 7.53. The number of halogens is 1. The summed E-state index contributed by atoms with van der Waals surface area (Å²) in [6.07, 6.45) is 1.46. The van der Waals surface area contributed by atoms with Gasteiger partial charge in [0.15, 0.2) is 0 Å².